The van der Waals surface area contributed by atoms with Crippen molar-refractivity contribution < 1.29 is 14.3 Å². The lowest BCUT2D eigenvalue weighted by atomic mass is 9.94. The van der Waals surface area contributed by atoms with E-state index in [1.807, 2.05) is 72.3 Å². The van der Waals surface area contributed by atoms with Crippen LogP contribution >= 0.6 is 28.1 Å². The fraction of sp³-hybridized carbons (Fsp3) is 0.385. The summed E-state index contributed by atoms with van der Waals surface area (Å²) in [6.07, 6.45) is 7.44. The summed E-state index contributed by atoms with van der Waals surface area (Å²) in [6, 6.07) is 14.1. The topological polar surface area (TPSA) is 42.0 Å². The van der Waals surface area contributed by atoms with Crippen molar-refractivity contribution in [2.24, 2.45) is 0 Å². The zero-order chi connectivity index (χ0) is 23.4. The third-order valence-electron chi connectivity index (χ3n) is 6.09. The Kier molecular flexibility index (Phi) is 7.71. The molecule has 1 aliphatic carbocycles. The molecule has 4 rings (SSSR count). The van der Waals surface area contributed by atoms with Crippen LogP contribution in [-0.2, 0) is 11.4 Å². The van der Waals surface area contributed by atoms with Crippen LogP contribution < -0.4 is 9.47 Å². The average Bonchev–Trinajstić information content (AvgIpc) is 3.03. The molecule has 0 unspecified atom stereocenters. The number of ether oxygens (including phenoxy) is 2. The number of thiocarbonyl (C=S) groups is 1. The molecule has 0 atom stereocenters. The SMILES string of the molecule is CCOc1cc(/C=C2/C(=O)N(C3CCCCC3)C(=S)N2C)cc(Br)c1OCc1ccccc1. The van der Waals surface area contributed by atoms with Crippen LogP contribution in [0.5, 0.6) is 11.5 Å². The molecular formula is C26H29BrN2O3S. The first-order valence-corrected chi connectivity index (χ1v) is 12.7. The Morgan fingerprint density at radius 2 is 1.85 bits per heavy atom. The van der Waals surface area contributed by atoms with Crippen LogP contribution in [0.25, 0.3) is 6.08 Å². The quantitative estimate of drug-likeness (QED) is 0.318. The highest BCUT2D eigenvalue weighted by Crippen LogP contribution is 2.39. The van der Waals surface area contributed by atoms with Crippen LogP contribution in [-0.4, -0.2) is 40.5 Å². The number of carbonyl (C=O) groups is 1. The number of likely N-dealkylation sites (N-methyl/N-ethyl adjacent to an activating group) is 1. The number of halogens is 1. The van der Waals surface area contributed by atoms with Gasteiger partial charge in [0.05, 0.1) is 11.1 Å². The molecule has 1 saturated heterocycles. The van der Waals surface area contributed by atoms with Crippen molar-refractivity contribution in [1.82, 2.24) is 9.80 Å². The van der Waals surface area contributed by atoms with Crippen LogP contribution in [0.2, 0.25) is 0 Å². The molecule has 174 valence electrons. The van der Waals surface area contributed by atoms with Gasteiger partial charge in [-0.05, 0) is 77.2 Å². The van der Waals surface area contributed by atoms with Gasteiger partial charge in [0.1, 0.15) is 12.3 Å². The molecule has 1 saturated carbocycles. The van der Waals surface area contributed by atoms with Gasteiger partial charge in [0.2, 0.25) is 0 Å². The molecule has 1 amide bonds. The molecule has 2 aromatic carbocycles. The summed E-state index contributed by atoms with van der Waals surface area (Å²) < 4.78 is 12.7. The summed E-state index contributed by atoms with van der Waals surface area (Å²) in [5, 5.41) is 0.588. The number of nitrogens with zero attached hydrogens (tertiary/aromatic N) is 2. The van der Waals surface area contributed by atoms with Crippen LogP contribution in [0.4, 0.5) is 0 Å². The van der Waals surface area contributed by atoms with E-state index in [4.69, 9.17) is 21.7 Å². The molecule has 0 aromatic heterocycles. The normalized spacial score (nSPS) is 18.3. The Morgan fingerprint density at radius 1 is 1.12 bits per heavy atom. The van der Waals surface area contributed by atoms with Gasteiger partial charge in [0.25, 0.3) is 5.91 Å². The van der Waals surface area contributed by atoms with E-state index in [0.717, 1.165) is 41.3 Å². The summed E-state index contributed by atoms with van der Waals surface area (Å²) in [6.45, 7) is 2.88. The summed E-state index contributed by atoms with van der Waals surface area (Å²) in [4.78, 5) is 16.9. The number of hydrogen-bond acceptors (Lipinski definition) is 4. The molecule has 0 spiro atoms. The van der Waals surface area contributed by atoms with Crippen molar-refractivity contribution in [3.8, 4) is 11.5 Å². The Bertz CT molecular complexity index is 1050. The van der Waals surface area contributed by atoms with Crippen LogP contribution in [0.3, 0.4) is 0 Å². The fourth-order valence-electron chi connectivity index (χ4n) is 4.40. The van der Waals surface area contributed by atoms with E-state index in [0.29, 0.717) is 35.5 Å². The Hall–Kier alpha value is -2.38. The monoisotopic (exact) mass is 528 g/mol. The maximum atomic E-state index is 13.3. The second-order valence-corrected chi connectivity index (χ2v) is 9.59. The smallest absolute Gasteiger partial charge is 0.277 e. The van der Waals surface area contributed by atoms with Crippen LogP contribution in [0.15, 0.2) is 52.6 Å². The molecule has 33 heavy (non-hydrogen) atoms. The molecule has 0 radical (unpaired) electrons. The first-order chi connectivity index (χ1) is 16.0. The molecule has 2 aliphatic rings. The number of amides is 1. The standard InChI is InChI=1S/C26H29BrN2O3S/c1-3-31-23-16-19(14-21(27)24(23)32-17-18-10-6-4-7-11-18)15-22-25(30)29(26(33)28(22)2)20-12-8-5-9-13-20/h4,6-7,10-11,14-16,20H,3,5,8-9,12-13,17H2,1-2H3/b22-15-. The highest BCUT2D eigenvalue weighted by molar-refractivity contribution is 9.10. The van der Waals surface area contributed by atoms with E-state index < -0.39 is 0 Å². The van der Waals surface area contributed by atoms with Gasteiger partial charge in [-0.15, -0.1) is 0 Å². The predicted octanol–water partition coefficient (Wildman–Crippen LogP) is 6.16. The molecular weight excluding hydrogens is 500 g/mol. The van der Waals surface area contributed by atoms with Gasteiger partial charge in [-0.1, -0.05) is 49.6 Å². The lowest BCUT2D eigenvalue weighted by Gasteiger charge is -2.30. The molecule has 0 N–H and O–H groups in total. The maximum Gasteiger partial charge on any atom is 0.277 e. The minimum Gasteiger partial charge on any atom is -0.490 e. The van der Waals surface area contributed by atoms with Crippen LogP contribution in [0.1, 0.15) is 50.2 Å². The fourth-order valence-corrected chi connectivity index (χ4v) is 5.30. The molecule has 5 nitrogen and oxygen atoms in total. The van der Waals surface area contributed by atoms with Crippen molar-refractivity contribution in [3.05, 3.63) is 63.8 Å². The Balaban J connectivity index is 1.60. The first kappa shape index (κ1) is 23.8. The Labute approximate surface area is 209 Å². The van der Waals surface area contributed by atoms with Crippen molar-refractivity contribution in [2.75, 3.05) is 13.7 Å². The minimum absolute atomic E-state index is 0.0205. The summed E-state index contributed by atoms with van der Waals surface area (Å²) in [5.41, 5.74) is 2.51. The number of benzene rings is 2. The third kappa shape index (κ3) is 5.25. The van der Waals surface area contributed by atoms with Crippen molar-refractivity contribution in [1.29, 1.82) is 0 Å². The van der Waals surface area contributed by atoms with E-state index >= 15 is 0 Å². The van der Waals surface area contributed by atoms with E-state index in [9.17, 15) is 4.79 Å². The van der Waals surface area contributed by atoms with Gasteiger partial charge < -0.3 is 14.4 Å². The molecule has 1 heterocycles. The zero-order valence-electron chi connectivity index (χ0n) is 19.1. The largest absolute Gasteiger partial charge is 0.490 e. The van der Waals surface area contributed by atoms with Crippen molar-refractivity contribution in [3.63, 3.8) is 0 Å². The lowest BCUT2D eigenvalue weighted by molar-refractivity contribution is -0.124. The van der Waals surface area contributed by atoms with Gasteiger partial charge in [-0.25, -0.2) is 0 Å². The number of rotatable bonds is 7. The molecule has 0 bridgehead atoms. The van der Waals surface area contributed by atoms with Gasteiger partial charge in [-0.2, -0.15) is 0 Å². The van der Waals surface area contributed by atoms with E-state index in [2.05, 4.69) is 15.9 Å². The second-order valence-electron chi connectivity index (χ2n) is 8.38. The van der Waals surface area contributed by atoms with E-state index in [-0.39, 0.29) is 11.9 Å². The Morgan fingerprint density at radius 3 is 2.55 bits per heavy atom. The molecule has 1 aliphatic heterocycles. The molecule has 2 aromatic rings. The van der Waals surface area contributed by atoms with E-state index in [1.54, 1.807) is 0 Å². The van der Waals surface area contributed by atoms with Crippen molar-refractivity contribution in [2.45, 2.75) is 51.7 Å². The highest BCUT2D eigenvalue weighted by atomic mass is 79.9. The lowest BCUT2D eigenvalue weighted by Crippen LogP contribution is -2.41. The molecule has 7 heteroatoms. The predicted molar refractivity (Wildman–Crippen MR) is 138 cm³/mol. The average molecular weight is 530 g/mol. The third-order valence-corrected chi connectivity index (χ3v) is 7.15. The maximum absolute atomic E-state index is 13.3. The second kappa shape index (κ2) is 10.7. The van der Waals surface area contributed by atoms with Crippen molar-refractivity contribution >= 4 is 45.2 Å². The van der Waals surface area contributed by atoms with Gasteiger partial charge in [-0.3, -0.25) is 9.69 Å². The van der Waals surface area contributed by atoms with Gasteiger partial charge in [0, 0.05) is 13.1 Å². The minimum atomic E-state index is -0.0205. The molecule has 2 fully saturated rings. The van der Waals surface area contributed by atoms with Crippen LogP contribution in [0, 0.1) is 0 Å². The van der Waals surface area contributed by atoms with Gasteiger partial charge >= 0.3 is 0 Å². The number of carbonyl (C=O) groups excluding carboxylic acids is 1. The number of hydrogen-bond donors (Lipinski definition) is 0. The zero-order valence-corrected chi connectivity index (χ0v) is 21.5. The van der Waals surface area contributed by atoms with E-state index in [1.165, 1.54) is 6.42 Å². The summed E-state index contributed by atoms with van der Waals surface area (Å²) in [7, 11) is 1.87. The first-order valence-electron chi connectivity index (χ1n) is 11.5. The van der Waals surface area contributed by atoms with Gasteiger partial charge in [0.15, 0.2) is 16.6 Å². The summed E-state index contributed by atoms with van der Waals surface area (Å²) in [5.74, 6) is 1.26. The summed E-state index contributed by atoms with van der Waals surface area (Å²) >= 11 is 9.28. The highest BCUT2D eigenvalue weighted by Gasteiger charge is 2.40.